The van der Waals surface area contributed by atoms with Gasteiger partial charge in [-0.1, -0.05) is 49.7 Å². The Morgan fingerprint density at radius 3 is 2.69 bits per heavy atom. The maximum absolute atomic E-state index is 15.4. The minimum absolute atomic E-state index is 0.0333. The van der Waals surface area contributed by atoms with Crippen LogP contribution in [0.15, 0.2) is 59.6 Å². The number of nitrogen functional groups attached to an aromatic ring is 1. The summed E-state index contributed by atoms with van der Waals surface area (Å²) in [6, 6.07) is 10.6. The van der Waals surface area contributed by atoms with E-state index in [0.29, 0.717) is 29.4 Å². The minimum atomic E-state index is -4.11. The van der Waals surface area contributed by atoms with Crippen molar-refractivity contribution in [3.8, 4) is 11.3 Å². The molecule has 0 bridgehead atoms. The lowest BCUT2D eigenvalue weighted by Crippen LogP contribution is -2.32. The summed E-state index contributed by atoms with van der Waals surface area (Å²) in [5.74, 6) is 0.313. The molecule has 2 aromatic heterocycles. The normalized spacial score (nSPS) is 15.8. The van der Waals surface area contributed by atoms with Gasteiger partial charge in [0.2, 0.25) is 0 Å². The highest BCUT2D eigenvalue weighted by Crippen LogP contribution is 2.37. The van der Waals surface area contributed by atoms with Crippen LogP contribution in [0.2, 0.25) is 5.02 Å². The second-order valence-electron chi connectivity index (χ2n) is 10.6. The van der Waals surface area contributed by atoms with E-state index in [1.807, 2.05) is 18.2 Å². The van der Waals surface area contributed by atoms with E-state index in [1.54, 1.807) is 31.5 Å². The number of methoxy groups -OCH3 is 1. The largest absolute Gasteiger partial charge is 0.383 e. The number of nitrogens with zero attached hydrogens (tertiary/aromatic N) is 3. The fourth-order valence-electron chi connectivity index (χ4n) is 5.21. The number of fused-ring (bicyclic) bond motifs is 1. The fraction of sp³-hybridized carbons (Fsp3) is 0.333. The molecule has 0 saturated carbocycles. The Hall–Kier alpha value is -3.51. The summed E-state index contributed by atoms with van der Waals surface area (Å²) in [6.45, 7) is 5.55. The van der Waals surface area contributed by atoms with Crippen molar-refractivity contribution < 1.29 is 17.5 Å². The molecule has 1 atom stereocenters. The summed E-state index contributed by atoms with van der Waals surface area (Å²) >= 11 is 6.07. The standard InChI is InChI=1S/C30H34ClFN6O3S/c1-18(2)30-36-27(20-10-13-24(23(32)16-20)37-42(39,40)26-7-5-4-6-22(26)31)28-29(33)35-17-25(38(28)30)19-8-11-21(12-9-19)34-14-15-41-3/h4-8,10,13,16-18,21,34,37H,9,11-12,14-15H2,1-3H3,(H2,33,35). The number of hydrogen-bond donors (Lipinski definition) is 3. The number of hydrogen-bond acceptors (Lipinski definition) is 7. The minimum Gasteiger partial charge on any atom is -0.383 e. The Kier molecular flexibility index (Phi) is 8.84. The molecule has 1 unspecified atom stereocenters. The molecule has 42 heavy (non-hydrogen) atoms. The van der Waals surface area contributed by atoms with Gasteiger partial charge in [-0.3, -0.25) is 9.12 Å². The summed E-state index contributed by atoms with van der Waals surface area (Å²) in [4.78, 5) is 9.27. The monoisotopic (exact) mass is 612 g/mol. The van der Waals surface area contributed by atoms with Gasteiger partial charge in [0.05, 0.1) is 29.2 Å². The van der Waals surface area contributed by atoms with E-state index in [2.05, 4.69) is 21.1 Å². The summed E-state index contributed by atoms with van der Waals surface area (Å²) in [5, 5.41) is 3.56. The fourth-order valence-corrected chi connectivity index (χ4v) is 6.80. The predicted octanol–water partition coefficient (Wildman–Crippen LogP) is 5.87. The molecule has 0 fully saturated rings. The van der Waals surface area contributed by atoms with Crippen LogP contribution in [0.4, 0.5) is 15.9 Å². The average molecular weight is 613 g/mol. The van der Waals surface area contributed by atoms with Crippen LogP contribution in [-0.2, 0) is 14.8 Å². The second-order valence-corrected chi connectivity index (χ2v) is 12.6. The molecule has 9 nitrogen and oxygen atoms in total. The third-order valence-electron chi connectivity index (χ3n) is 7.32. The van der Waals surface area contributed by atoms with Crippen molar-refractivity contribution in [3.63, 3.8) is 0 Å². The van der Waals surface area contributed by atoms with Gasteiger partial charge >= 0.3 is 0 Å². The molecule has 1 aliphatic carbocycles. The van der Waals surface area contributed by atoms with E-state index in [1.165, 1.54) is 24.3 Å². The van der Waals surface area contributed by atoms with Gasteiger partial charge in [0.25, 0.3) is 10.0 Å². The first kappa shape index (κ1) is 30.0. The number of benzene rings is 2. The molecule has 4 N–H and O–H groups in total. The molecule has 2 aromatic carbocycles. The molecular weight excluding hydrogens is 579 g/mol. The van der Waals surface area contributed by atoms with Crippen LogP contribution >= 0.6 is 11.6 Å². The Morgan fingerprint density at radius 1 is 1.24 bits per heavy atom. The summed E-state index contributed by atoms with van der Waals surface area (Å²) in [6.07, 6.45) is 6.70. The SMILES string of the molecule is COCCNC1CC=C(c2cnc(N)c3c(-c4ccc(NS(=O)(=O)c5ccccc5Cl)c(F)c4)nc(C(C)C)n23)CC1. The van der Waals surface area contributed by atoms with E-state index < -0.39 is 15.8 Å². The number of allylic oxidation sites excluding steroid dienone is 1. The zero-order valence-electron chi connectivity index (χ0n) is 23.7. The molecule has 0 spiro atoms. The highest BCUT2D eigenvalue weighted by Gasteiger charge is 2.25. The van der Waals surface area contributed by atoms with Gasteiger partial charge in [-0.05, 0) is 49.1 Å². The molecule has 2 heterocycles. The van der Waals surface area contributed by atoms with Crippen molar-refractivity contribution in [2.75, 3.05) is 30.7 Å². The summed E-state index contributed by atoms with van der Waals surface area (Å²) < 4.78 is 50.6. The Morgan fingerprint density at radius 2 is 2.02 bits per heavy atom. The van der Waals surface area contributed by atoms with Crippen molar-refractivity contribution in [2.45, 2.75) is 50.0 Å². The molecule has 222 valence electrons. The van der Waals surface area contributed by atoms with Crippen molar-refractivity contribution in [1.29, 1.82) is 0 Å². The third kappa shape index (κ3) is 6.00. The molecule has 4 aromatic rings. The number of sulfonamides is 1. The Labute approximate surface area is 250 Å². The van der Waals surface area contributed by atoms with Crippen molar-refractivity contribution in [3.05, 3.63) is 77.1 Å². The molecule has 5 rings (SSSR count). The van der Waals surface area contributed by atoms with Gasteiger partial charge in [0.1, 0.15) is 33.6 Å². The number of nitrogens with two attached hydrogens (primary N) is 1. The topological polar surface area (TPSA) is 124 Å². The van der Waals surface area contributed by atoms with Crippen LogP contribution in [0.5, 0.6) is 0 Å². The Balaban J connectivity index is 1.52. The molecule has 1 aliphatic rings. The van der Waals surface area contributed by atoms with E-state index in [-0.39, 0.29) is 27.3 Å². The van der Waals surface area contributed by atoms with Gasteiger partial charge < -0.3 is 15.8 Å². The number of anilines is 2. The van der Waals surface area contributed by atoms with Crippen LogP contribution in [0.3, 0.4) is 0 Å². The van der Waals surface area contributed by atoms with E-state index in [4.69, 9.17) is 27.1 Å². The number of halogens is 2. The second kappa shape index (κ2) is 12.4. The van der Waals surface area contributed by atoms with Gasteiger partial charge in [0.15, 0.2) is 0 Å². The predicted molar refractivity (Wildman–Crippen MR) is 165 cm³/mol. The molecule has 0 amide bonds. The average Bonchev–Trinajstić information content (AvgIpc) is 3.37. The molecule has 0 saturated heterocycles. The zero-order valence-corrected chi connectivity index (χ0v) is 25.3. The highest BCUT2D eigenvalue weighted by molar-refractivity contribution is 7.92. The van der Waals surface area contributed by atoms with E-state index in [9.17, 15) is 8.42 Å². The first-order valence-electron chi connectivity index (χ1n) is 13.8. The Bertz CT molecular complexity index is 1760. The zero-order chi connectivity index (χ0) is 30.0. The smallest absolute Gasteiger partial charge is 0.263 e. The van der Waals surface area contributed by atoms with E-state index >= 15 is 4.39 Å². The maximum atomic E-state index is 15.4. The van der Waals surface area contributed by atoms with Gasteiger partial charge in [-0.2, -0.15) is 0 Å². The number of aromatic nitrogens is 3. The number of ether oxygens (including phenoxy) is 1. The van der Waals surface area contributed by atoms with Crippen LogP contribution in [0.25, 0.3) is 22.3 Å². The highest BCUT2D eigenvalue weighted by atomic mass is 35.5. The van der Waals surface area contributed by atoms with E-state index in [0.717, 1.165) is 42.9 Å². The molecular formula is C30H34ClFN6O3S. The van der Waals surface area contributed by atoms with Crippen molar-refractivity contribution in [2.24, 2.45) is 0 Å². The lowest BCUT2D eigenvalue weighted by molar-refractivity contribution is 0.195. The summed E-state index contributed by atoms with van der Waals surface area (Å²) in [7, 11) is -2.42. The van der Waals surface area contributed by atoms with Gasteiger partial charge in [0, 0.05) is 31.2 Å². The molecule has 0 aliphatic heterocycles. The van der Waals surface area contributed by atoms with Crippen molar-refractivity contribution >= 4 is 44.2 Å². The number of imidazole rings is 1. The first-order chi connectivity index (χ1) is 20.1. The van der Waals surface area contributed by atoms with Crippen LogP contribution in [0.1, 0.15) is 50.5 Å². The van der Waals surface area contributed by atoms with Crippen LogP contribution in [0, 0.1) is 5.82 Å². The van der Waals surface area contributed by atoms with Gasteiger partial charge in [-0.15, -0.1) is 0 Å². The van der Waals surface area contributed by atoms with Crippen molar-refractivity contribution in [1.82, 2.24) is 19.7 Å². The number of nitrogens with one attached hydrogen (secondary N) is 2. The third-order valence-corrected chi connectivity index (χ3v) is 9.19. The lowest BCUT2D eigenvalue weighted by atomic mass is 9.93. The maximum Gasteiger partial charge on any atom is 0.263 e. The number of rotatable bonds is 10. The van der Waals surface area contributed by atoms with Crippen LogP contribution in [-0.4, -0.2) is 49.1 Å². The van der Waals surface area contributed by atoms with Crippen LogP contribution < -0.4 is 15.8 Å². The quantitative estimate of drug-likeness (QED) is 0.191. The van der Waals surface area contributed by atoms with Gasteiger partial charge in [-0.25, -0.2) is 22.8 Å². The molecule has 0 radical (unpaired) electrons. The lowest BCUT2D eigenvalue weighted by Gasteiger charge is -2.24. The molecule has 12 heteroatoms. The first-order valence-corrected chi connectivity index (χ1v) is 15.6. The summed E-state index contributed by atoms with van der Waals surface area (Å²) in [5.41, 5.74) is 9.77.